The van der Waals surface area contributed by atoms with E-state index in [4.69, 9.17) is 0 Å². The maximum absolute atomic E-state index is 11.4. The van der Waals surface area contributed by atoms with Crippen LogP contribution >= 0.6 is 0 Å². The lowest BCUT2D eigenvalue weighted by Gasteiger charge is -2.33. The van der Waals surface area contributed by atoms with Crippen molar-refractivity contribution in [2.75, 3.05) is 0 Å². The van der Waals surface area contributed by atoms with Crippen molar-refractivity contribution in [1.82, 2.24) is 0 Å². The van der Waals surface area contributed by atoms with Crippen molar-refractivity contribution in [3.8, 4) is 0 Å². The van der Waals surface area contributed by atoms with Gasteiger partial charge in [0.25, 0.3) is 0 Å². The van der Waals surface area contributed by atoms with Crippen LogP contribution in [-0.2, 0) is 11.2 Å². The Bertz CT molecular complexity index is 514. The van der Waals surface area contributed by atoms with Gasteiger partial charge >= 0.3 is 0 Å². The van der Waals surface area contributed by atoms with E-state index in [1.807, 2.05) is 24.3 Å². The first-order valence-electron chi connectivity index (χ1n) is 6.35. The van der Waals surface area contributed by atoms with E-state index in [1.54, 1.807) is 0 Å². The minimum Gasteiger partial charge on any atom is -0.300 e. The standard InChI is InChI=1S/C14H15NO3/c16-11-5-7-14(8-6-11)9-10-3-1-2-4-12(10)13(14)15(17)18/h1-4,13H,5-9H2. The molecule has 0 amide bonds. The Labute approximate surface area is 105 Å². The van der Waals surface area contributed by atoms with E-state index in [-0.39, 0.29) is 16.1 Å². The Balaban J connectivity index is 2.03. The fraction of sp³-hybridized carbons (Fsp3) is 0.500. The number of nitro groups is 1. The molecular weight excluding hydrogens is 230 g/mol. The van der Waals surface area contributed by atoms with Crippen LogP contribution in [-0.4, -0.2) is 10.7 Å². The van der Waals surface area contributed by atoms with E-state index in [9.17, 15) is 14.9 Å². The molecule has 0 radical (unpaired) electrons. The number of carbonyl (C=O) groups excluding carboxylic acids is 1. The number of Topliss-reactive ketones (excluding diaryl/α,β-unsaturated/α-hetero) is 1. The van der Waals surface area contributed by atoms with Gasteiger partial charge in [-0.25, -0.2) is 0 Å². The Morgan fingerprint density at radius 3 is 2.56 bits per heavy atom. The van der Waals surface area contributed by atoms with E-state index in [0.717, 1.165) is 17.5 Å². The van der Waals surface area contributed by atoms with Crippen LogP contribution in [0, 0.1) is 15.5 Å². The predicted octanol–water partition coefficient (Wildman–Crippen LogP) is 2.69. The Morgan fingerprint density at radius 1 is 1.22 bits per heavy atom. The van der Waals surface area contributed by atoms with Gasteiger partial charge in [-0.2, -0.15) is 0 Å². The van der Waals surface area contributed by atoms with Crippen LogP contribution < -0.4 is 0 Å². The van der Waals surface area contributed by atoms with Gasteiger partial charge in [-0.05, 0) is 24.8 Å². The number of nitrogens with zero attached hydrogens (tertiary/aromatic N) is 1. The Hall–Kier alpha value is -1.71. The monoisotopic (exact) mass is 245 g/mol. The first-order valence-corrected chi connectivity index (χ1v) is 6.35. The fourth-order valence-electron chi connectivity index (χ4n) is 3.58. The van der Waals surface area contributed by atoms with E-state index in [1.165, 1.54) is 0 Å². The van der Waals surface area contributed by atoms with Gasteiger partial charge in [0.2, 0.25) is 6.04 Å². The molecular formula is C14H15NO3. The molecule has 1 aromatic rings. The highest BCUT2D eigenvalue weighted by atomic mass is 16.6. The second-order valence-electron chi connectivity index (χ2n) is 5.46. The SMILES string of the molecule is O=C1CCC2(CC1)Cc1ccccc1C2[N+](=O)[O-]. The number of hydrogen-bond donors (Lipinski definition) is 0. The molecule has 1 atom stereocenters. The van der Waals surface area contributed by atoms with E-state index < -0.39 is 6.04 Å². The molecule has 0 N–H and O–H groups in total. The molecule has 94 valence electrons. The topological polar surface area (TPSA) is 60.2 Å². The molecule has 1 fully saturated rings. The number of rotatable bonds is 1. The molecule has 4 nitrogen and oxygen atoms in total. The van der Waals surface area contributed by atoms with Gasteiger partial charge in [0.15, 0.2) is 0 Å². The lowest BCUT2D eigenvalue weighted by molar-refractivity contribution is -0.548. The Morgan fingerprint density at radius 2 is 1.89 bits per heavy atom. The van der Waals surface area contributed by atoms with Gasteiger partial charge in [0.1, 0.15) is 5.78 Å². The van der Waals surface area contributed by atoms with Crippen LogP contribution in [0.2, 0.25) is 0 Å². The zero-order valence-electron chi connectivity index (χ0n) is 10.1. The Kier molecular flexibility index (Phi) is 2.47. The highest BCUT2D eigenvalue weighted by Gasteiger charge is 2.54. The van der Waals surface area contributed by atoms with Crippen molar-refractivity contribution in [1.29, 1.82) is 0 Å². The average molecular weight is 245 g/mol. The molecule has 1 saturated carbocycles. The largest absolute Gasteiger partial charge is 0.300 e. The van der Waals surface area contributed by atoms with Crippen LogP contribution in [0.4, 0.5) is 0 Å². The smallest absolute Gasteiger partial charge is 0.244 e. The van der Waals surface area contributed by atoms with Crippen molar-refractivity contribution in [3.05, 3.63) is 45.5 Å². The molecule has 0 aliphatic heterocycles. The summed E-state index contributed by atoms with van der Waals surface area (Å²) in [5, 5.41) is 11.4. The molecule has 2 aliphatic carbocycles. The third-order valence-corrected chi connectivity index (χ3v) is 4.49. The molecule has 1 unspecified atom stereocenters. The van der Waals surface area contributed by atoms with Crippen molar-refractivity contribution >= 4 is 5.78 Å². The van der Waals surface area contributed by atoms with Gasteiger partial charge in [0.05, 0.1) is 0 Å². The third kappa shape index (κ3) is 1.55. The minimum atomic E-state index is -0.623. The molecule has 1 aromatic carbocycles. The van der Waals surface area contributed by atoms with Crippen molar-refractivity contribution in [3.63, 3.8) is 0 Å². The quantitative estimate of drug-likeness (QED) is 0.564. The summed E-state index contributed by atoms with van der Waals surface area (Å²) in [5.41, 5.74) is 1.63. The molecule has 1 spiro atoms. The summed E-state index contributed by atoms with van der Waals surface area (Å²) < 4.78 is 0. The van der Waals surface area contributed by atoms with Gasteiger partial charge in [0, 0.05) is 28.7 Å². The molecule has 0 heterocycles. The highest BCUT2D eigenvalue weighted by molar-refractivity contribution is 5.79. The zero-order chi connectivity index (χ0) is 12.8. The number of ketones is 1. The van der Waals surface area contributed by atoms with Crippen molar-refractivity contribution in [2.24, 2.45) is 5.41 Å². The van der Waals surface area contributed by atoms with Crippen LogP contribution in [0.3, 0.4) is 0 Å². The fourth-order valence-corrected chi connectivity index (χ4v) is 3.58. The van der Waals surface area contributed by atoms with Gasteiger partial charge < -0.3 is 0 Å². The summed E-state index contributed by atoms with van der Waals surface area (Å²) in [6, 6.07) is 7.03. The molecule has 3 rings (SSSR count). The first kappa shape index (κ1) is 11.4. The van der Waals surface area contributed by atoms with Gasteiger partial charge in [-0.15, -0.1) is 0 Å². The molecule has 2 aliphatic rings. The number of fused-ring (bicyclic) bond motifs is 1. The summed E-state index contributed by atoms with van der Waals surface area (Å²) in [6.07, 6.45) is 3.07. The third-order valence-electron chi connectivity index (χ3n) is 4.49. The van der Waals surface area contributed by atoms with E-state index >= 15 is 0 Å². The van der Waals surface area contributed by atoms with Crippen LogP contribution in [0.1, 0.15) is 42.9 Å². The molecule has 18 heavy (non-hydrogen) atoms. The highest BCUT2D eigenvalue weighted by Crippen LogP contribution is 2.54. The predicted molar refractivity (Wildman–Crippen MR) is 65.8 cm³/mol. The lowest BCUT2D eigenvalue weighted by Crippen LogP contribution is -2.35. The number of benzene rings is 1. The number of carbonyl (C=O) groups is 1. The second kappa shape index (κ2) is 3.90. The summed E-state index contributed by atoms with van der Waals surface area (Å²) in [4.78, 5) is 22.7. The second-order valence-corrected chi connectivity index (χ2v) is 5.46. The minimum absolute atomic E-state index is 0.151. The summed E-state index contributed by atoms with van der Waals surface area (Å²) in [7, 11) is 0. The van der Waals surface area contributed by atoms with Crippen molar-refractivity contribution < 1.29 is 9.72 Å². The summed E-state index contributed by atoms with van der Waals surface area (Å²) in [6.45, 7) is 0. The zero-order valence-corrected chi connectivity index (χ0v) is 10.1. The normalized spacial score (nSPS) is 25.1. The van der Waals surface area contributed by atoms with Crippen molar-refractivity contribution in [2.45, 2.75) is 38.1 Å². The maximum Gasteiger partial charge on any atom is 0.244 e. The van der Waals surface area contributed by atoms with E-state index in [2.05, 4.69) is 0 Å². The van der Waals surface area contributed by atoms with E-state index in [0.29, 0.717) is 25.7 Å². The summed E-state index contributed by atoms with van der Waals surface area (Å²) >= 11 is 0. The first-order chi connectivity index (χ1) is 8.62. The molecule has 0 aromatic heterocycles. The molecule has 0 saturated heterocycles. The van der Waals surface area contributed by atoms with Gasteiger partial charge in [-0.1, -0.05) is 24.3 Å². The summed E-state index contributed by atoms with van der Waals surface area (Å²) in [5.74, 6) is 0.249. The maximum atomic E-state index is 11.4. The van der Waals surface area contributed by atoms with Crippen LogP contribution in [0.5, 0.6) is 0 Å². The lowest BCUT2D eigenvalue weighted by atomic mass is 9.69. The number of hydrogen-bond acceptors (Lipinski definition) is 3. The molecule has 4 heteroatoms. The molecule has 0 bridgehead atoms. The van der Waals surface area contributed by atoms with Crippen LogP contribution in [0.25, 0.3) is 0 Å². The van der Waals surface area contributed by atoms with Gasteiger partial charge in [-0.3, -0.25) is 14.9 Å². The van der Waals surface area contributed by atoms with Crippen LogP contribution in [0.15, 0.2) is 24.3 Å². The average Bonchev–Trinajstić information content (AvgIpc) is 2.67.